The van der Waals surface area contributed by atoms with Crippen LogP contribution in [0.1, 0.15) is 11.4 Å². The second kappa shape index (κ2) is 10.8. The lowest BCUT2D eigenvalue weighted by molar-refractivity contribution is -0.116. The predicted molar refractivity (Wildman–Crippen MR) is 125 cm³/mol. The molecule has 3 aromatic rings. The van der Waals surface area contributed by atoms with Gasteiger partial charge in [-0.1, -0.05) is 47.6 Å². The summed E-state index contributed by atoms with van der Waals surface area (Å²) < 4.78 is 1.78. The number of nitrogens with one attached hydrogen (secondary N) is 2. The van der Waals surface area contributed by atoms with Crippen LogP contribution in [0.5, 0.6) is 0 Å². The van der Waals surface area contributed by atoms with Gasteiger partial charge in [0.1, 0.15) is 5.82 Å². The van der Waals surface area contributed by atoms with Crippen molar-refractivity contribution in [1.82, 2.24) is 14.8 Å². The SMILES string of the molecule is C=CCn1c(CC(=O)Nc2cccc(C)c2)nnc1SCC(=O)Nc1cccc(Cl)c1. The van der Waals surface area contributed by atoms with Gasteiger partial charge in [0.25, 0.3) is 0 Å². The van der Waals surface area contributed by atoms with Crippen molar-refractivity contribution in [2.24, 2.45) is 0 Å². The van der Waals surface area contributed by atoms with Gasteiger partial charge in [-0.2, -0.15) is 0 Å². The number of rotatable bonds is 9. The Morgan fingerprint density at radius 1 is 1.10 bits per heavy atom. The fourth-order valence-electron chi connectivity index (χ4n) is 2.83. The number of nitrogens with zero attached hydrogens (tertiary/aromatic N) is 3. The zero-order valence-electron chi connectivity index (χ0n) is 17.0. The molecule has 0 aliphatic heterocycles. The maximum Gasteiger partial charge on any atom is 0.234 e. The number of aryl methyl sites for hydroxylation is 1. The van der Waals surface area contributed by atoms with E-state index in [1.165, 1.54) is 11.8 Å². The highest BCUT2D eigenvalue weighted by Crippen LogP contribution is 2.20. The third-order valence-corrected chi connectivity index (χ3v) is 5.37. The molecule has 9 heteroatoms. The Kier molecular flexibility index (Phi) is 7.86. The zero-order chi connectivity index (χ0) is 22.2. The van der Waals surface area contributed by atoms with Crippen LogP contribution in [0.25, 0.3) is 0 Å². The number of allylic oxidation sites excluding steroid dienone is 1. The summed E-state index contributed by atoms with van der Waals surface area (Å²) in [5.74, 6) is 0.248. The summed E-state index contributed by atoms with van der Waals surface area (Å²) in [6.45, 7) is 6.15. The van der Waals surface area contributed by atoms with E-state index < -0.39 is 0 Å². The molecule has 0 spiro atoms. The van der Waals surface area contributed by atoms with Gasteiger partial charge in [0.05, 0.1) is 12.2 Å². The van der Waals surface area contributed by atoms with E-state index in [2.05, 4.69) is 27.4 Å². The number of thioether (sulfide) groups is 1. The molecule has 0 unspecified atom stereocenters. The van der Waals surface area contributed by atoms with Crippen LogP contribution in [-0.4, -0.2) is 32.3 Å². The Labute approximate surface area is 189 Å². The van der Waals surface area contributed by atoms with Crippen LogP contribution >= 0.6 is 23.4 Å². The molecular weight excluding hydrogens is 434 g/mol. The molecule has 0 saturated carbocycles. The number of benzene rings is 2. The molecule has 0 saturated heterocycles. The Bertz CT molecular complexity index is 1100. The number of carbonyl (C=O) groups is 2. The normalized spacial score (nSPS) is 10.5. The average Bonchev–Trinajstić information content (AvgIpc) is 3.08. The van der Waals surface area contributed by atoms with Crippen molar-refractivity contribution in [1.29, 1.82) is 0 Å². The first-order valence-electron chi connectivity index (χ1n) is 9.52. The van der Waals surface area contributed by atoms with E-state index in [1.807, 2.05) is 31.2 Å². The van der Waals surface area contributed by atoms with E-state index in [0.717, 1.165) is 11.3 Å². The second-order valence-electron chi connectivity index (χ2n) is 6.74. The zero-order valence-corrected chi connectivity index (χ0v) is 18.5. The number of hydrogen-bond donors (Lipinski definition) is 2. The van der Waals surface area contributed by atoms with Gasteiger partial charge in [0, 0.05) is 22.9 Å². The third kappa shape index (κ3) is 6.70. The Morgan fingerprint density at radius 2 is 1.81 bits per heavy atom. The molecule has 3 rings (SSSR count). The van der Waals surface area contributed by atoms with E-state index in [1.54, 1.807) is 34.9 Å². The molecule has 0 aliphatic rings. The lowest BCUT2D eigenvalue weighted by Crippen LogP contribution is -2.18. The molecular formula is C22H22ClN5O2S. The number of carbonyl (C=O) groups excluding carboxylic acids is 2. The number of amides is 2. The van der Waals surface area contributed by atoms with E-state index in [9.17, 15) is 9.59 Å². The number of hydrogen-bond acceptors (Lipinski definition) is 5. The lowest BCUT2D eigenvalue weighted by atomic mass is 10.2. The van der Waals surface area contributed by atoms with Gasteiger partial charge in [-0.3, -0.25) is 9.59 Å². The molecule has 1 aromatic heterocycles. The average molecular weight is 456 g/mol. The summed E-state index contributed by atoms with van der Waals surface area (Å²) in [6.07, 6.45) is 1.76. The third-order valence-electron chi connectivity index (χ3n) is 4.17. The fourth-order valence-corrected chi connectivity index (χ4v) is 3.79. The minimum absolute atomic E-state index is 0.0596. The van der Waals surface area contributed by atoms with E-state index in [4.69, 9.17) is 11.6 Å². The molecule has 160 valence electrons. The lowest BCUT2D eigenvalue weighted by Gasteiger charge is -2.09. The molecule has 2 N–H and O–H groups in total. The summed E-state index contributed by atoms with van der Waals surface area (Å²) in [7, 11) is 0. The number of anilines is 2. The highest BCUT2D eigenvalue weighted by Gasteiger charge is 2.16. The van der Waals surface area contributed by atoms with Crippen LogP contribution < -0.4 is 10.6 Å². The van der Waals surface area contributed by atoms with Gasteiger partial charge >= 0.3 is 0 Å². The molecule has 0 bridgehead atoms. The minimum atomic E-state index is -0.196. The molecule has 2 amide bonds. The quantitative estimate of drug-likeness (QED) is 0.370. The largest absolute Gasteiger partial charge is 0.326 e. The molecule has 7 nitrogen and oxygen atoms in total. The Balaban J connectivity index is 1.62. The first-order chi connectivity index (χ1) is 14.9. The van der Waals surface area contributed by atoms with Crippen LogP contribution in [0.2, 0.25) is 5.02 Å². The second-order valence-corrected chi connectivity index (χ2v) is 8.12. The maximum absolute atomic E-state index is 12.5. The van der Waals surface area contributed by atoms with E-state index >= 15 is 0 Å². The monoisotopic (exact) mass is 455 g/mol. The molecule has 31 heavy (non-hydrogen) atoms. The molecule has 1 heterocycles. The molecule has 0 fully saturated rings. The fraction of sp³-hybridized carbons (Fsp3) is 0.182. The molecule has 0 radical (unpaired) electrons. The van der Waals surface area contributed by atoms with Crippen molar-refractivity contribution in [3.05, 3.63) is 77.6 Å². The van der Waals surface area contributed by atoms with Crippen LogP contribution in [0, 0.1) is 6.92 Å². The Hall–Kier alpha value is -3.10. The first kappa shape index (κ1) is 22.6. The van der Waals surface area contributed by atoms with Gasteiger partial charge in [0.2, 0.25) is 11.8 Å². The summed E-state index contributed by atoms with van der Waals surface area (Å²) in [4.78, 5) is 24.7. The van der Waals surface area contributed by atoms with Gasteiger partial charge < -0.3 is 15.2 Å². The highest BCUT2D eigenvalue weighted by atomic mass is 35.5. The number of halogens is 1. The summed E-state index contributed by atoms with van der Waals surface area (Å²) in [5, 5.41) is 15.0. The van der Waals surface area contributed by atoms with Crippen LogP contribution in [0.3, 0.4) is 0 Å². The summed E-state index contributed by atoms with van der Waals surface area (Å²) in [6, 6.07) is 14.5. The predicted octanol–water partition coefficient (Wildman–Crippen LogP) is 4.34. The minimum Gasteiger partial charge on any atom is -0.326 e. The molecule has 0 atom stereocenters. The maximum atomic E-state index is 12.5. The van der Waals surface area contributed by atoms with Gasteiger partial charge in [-0.15, -0.1) is 16.8 Å². The van der Waals surface area contributed by atoms with Crippen LogP contribution in [0.15, 0.2) is 66.3 Å². The summed E-state index contributed by atoms with van der Waals surface area (Å²) >= 11 is 7.18. The van der Waals surface area contributed by atoms with Crippen LogP contribution in [-0.2, 0) is 22.6 Å². The number of aromatic nitrogens is 3. The summed E-state index contributed by atoms with van der Waals surface area (Å²) in [5.41, 5.74) is 2.41. The first-order valence-corrected chi connectivity index (χ1v) is 10.9. The Morgan fingerprint density at radius 3 is 2.52 bits per heavy atom. The van der Waals surface area contributed by atoms with Crippen molar-refractivity contribution < 1.29 is 9.59 Å². The van der Waals surface area contributed by atoms with Gasteiger partial charge in [0.15, 0.2) is 5.16 Å². The van der Waals surface area contributed by atoms with Crippen molar-refractivity contribution in [2.75, 3.05) is 16.4 Å². The van der Waals surface area contributed by atoms with Crippen molar-refractivity contribution >= 4 is 46.6 Å². The molecule has 2 aromatic carbocycles. The van der Waals surface area contributed by atoms with Gasteiger partial charge in [-0.25, -0.2) is 0 Å². The smallest absolute Gasteiger partial charge is 0.234 e. The standard InChI is InChI=1S/C22H22ClN5O2S/c1-3-10-28-19(13-20(29)24-17-8-4-6-15(2)11-17)26-27-22(28)31-14-21(30)25-18-9-5-7-16(23)12-18/h3-9,11-12H,1,10,13-14H2,2H3,(H,24,29)(H,25,30). The van der Waals surface area contributed by atoms with E-state index in [-0.39, 0.29) is 24.0 Å². The molecule has 0 aliphatic carbocycles. The van der Waals surface area contributed by atoms with E-state index in [0.29, 0.717) is 28.2 Å². The topological polar surface area (TPSA) is 88.9 Å². The highest BCUT2D eigenvalue weighted by molar-refractivity contribution is 7.99. The van der Waals surface area contributed by atoms with Crippen LogP contribution in [0.4, 0.5) is 11.4 Å². The van der Waals surface area contributed by atoms with Gasteiger partial charge in [-0.05, 0) is 42.8 Å². The van der Waals surface area contributed by atoms with Crippen molar-refractivity contribution in [2.45, 2.75) is 25.0 Å². The van der Waals surface area contributed by atoms with Crippen molar-refractivity contribution in [3.8, 4) is 0 Å². The van der Waals surface area contributed by atoms with Crippen molar-refractivity contribution in [3.63, 3.8) is 0 Å².